The summed E-state index contributed by atoms with van der Waals surface area (Å²) >= 11 is 12.0. The van der Waals surface area contributed by atoms with Crippen LogP contribution in [0, 0.1) is 22.7 Å². The summed E-state index contributed by atoms with van der Waals surface area (Å²) in [7, 11) is -0.347. The Hall–Kier alpha value is -0.790. The highest BCUT2D eigenvalue weighted by Crippen LogP contribution is 2.42. The predicted molar refractivity (Wildman–Crippen MR) is 77.3 cm³/mol. The third-order valence-electron chi connectivity index (χ3n) is 2.49. The minimum atomic E-state index is -0.347. The highest BCUT2D eigenvalue weighted by Gasteiger charge is 2.11. The van der Waals surface area contributed by atoms with Crippen LogP contribution in [0.2, 0.25) is 10.0 Å². The highest BCUT2D eigenvalue weighted by atomic mass is 35.5. The summed E-state index contributed by atoms with van der Waals surface area (Å²) in [5.41, 5.74) is 1.06. The van der Waals surface area contributed by atoms with E-state index >= 15 is 0 Å². The summed E-state index contributed by atoms with van der Waals surface area (Å²) < 4.78 is 0. The molecule has 1 rings (SSSR count). The number of halogens is 2. The van der Waals surface area contributed by atoms with E-state index in [1.54, 1.807) is 6.07 Å². The van der Waals surface area contributed by atoms with E-state index in [0.717, 1.165) is 24.0 Å². The molecule has 0 aliphatic carbocycles. The van der Waals surface area contributed by atoms with Gasteiger partial charge in [0.15, 0.2) is 0 Å². The average Bonchev–Trinajstić information content (AvgIpc) is 2.35. The van der Waals surface area contributed by atoms with Gasteiger partial charge in [-0.2, -0.15) is 10.5 Å². The number of hydrogen-bond acceptors (Lipinski definition) is 2. The van der Waals surface area contributed by atoms with Crippen LogP contribution in [0.1, 0.15) is 18.4 Å². The van der Waals surface area contributed by atoms with Gasteiger partial charge < -0.3 is 0 Å². The van der Waals surface area contributed by atoms with Gasteiger partial charge in [-0.1, -0.05) is 29.3 Å². The lowest BCUT2D eigenvalue weighted by atomic mass is 10.2. The molecule has 94 valence electrons. The van der Waals surface area contributed by atoms with Crippen LogP contribution in [0.25, 0.3) is 0 Å². The lowest BCUT2D eigenvalue weighted by Crippen LogP contribution is -1.94. The molecule has 0 unspecified atom stereocenters. The quantitative estimate of drug-likeness (QED) is 0.708. The Balaban J connectivity index is 2.69. The molecular formula is C13H13Cl2N2P. The van der Waals surface area contributed by atoms with Gasteiger partial charge in [0.1, 0.15) is 0 Å². The fourth-order valence-electron chi connectivity index (χ4n) is 1.58. The smallest absolute Gasteiger partial charge is 0.0625 e. The molecule has 0 aromatic heterocycles. The van der Waals surface area contributed by atoms with Crippen molar-refractivity contribution >= 4 is 31.1 Å². The SMILES string of the molecule is N#CCCP(CCC#N)Cc1ccc(Cl)cc1Cl. The molecule has 0 saturated carbocycles. The summed E-state index contributed by atoms with van der Waals surface area (Å²) in [4.78, 5) is 0. The molecule has 0 bridgehead atoms. The van der Waals surface area contributed by atoms with Crippen molar-refractivity contribution in [1.82, 2.24) is 0 Å². The summed E-state index contributed by atoms with van der Waals surface area (Å²) in [6, 6.07) is 9.82. The van der Waals surface area contributed by atoms with Crippen molar-refractivity contribution in [3.63, 3.8) is 0 Å². The van der Waals surface area contributed by atoms with E-state index in [1.165, 1.54) is 0 Å². The molecule has 0 aliphatic rings. The Morgan fingerprint density at radius 2 is 1.67 bits per heavy atom. The molecule has 0 saturated heterocycles. The van der Waals surface area contributed by atoms with Crippen LogP contribution in [-0.4, -0.2) is 12.3 Å². The Morgan fingerprint density at radius 1 is 1.06 bits per heavy atom. The largest absolute Gasteiger partial charge is 0.198 e. The van der Waals surface area contributed by atoms with E-state index in [9.17, 15) is 0 Å². The van der Waals surface area contributed by atoms with E-state index in [-0.39, 0.29) is 7.92 Å². The number of nitrogens with zero attached hydrogens (tertiary/aromatic N) is 2. The first-order valence-electron chi connectivity index (χ1n) is 5.57. The Bertz CT molecular complexity index is 459. The second-order valence-corrected chi connectivity index (χ2v) is 7.22. The van der Waals surface area contributed by atoms with Gasteiger partial charge in [-0.15, -0.1) is 7.92 Å². The minimum Gasteiger partial charge on any atom is -0.198 e. The average molecular weight is 299 g/mol. The van der Waals surface area contributed by atoms with Crippen LogP contribution in [0.15, 0.2) is 18.2 Å². The maximum Gasteiger partial charge on any atom is 0.0625 e. The highest BCUT2D eigenvalue weighted by molar-refractivity contribution is 7.56. The first-order chi connectivity index (χ1) is 8.67. The topological polar surface area (TPSA) is 47.6 Å². The van der Waals surface area contributed by atoms with Crippen LogP contribution in [0.5, 0.6) is 0 Å². The summed E-state index contributed by atoms with van der Waals surface area (Å²) in [6.07, 6.45) is 3.68. The van der Waals surface area contributed by atoms with E-state index in [1.807, 2.05) is 12.1 Å². The zero-order valence-corrected chi connectivity index (χ0v) is 12.3. The van der Waals surface area contributed by atoms with E-state index in [0.29, 0.717) is 22.9 Å². The van der Waals surface area contributed by atoms with E-state index in [4.69, 9.17) is 33.7 Å². The molecule has 0 radical (unpaired) electrons. The lowest BCUT2D eigenvalue weighted by molar-refractivity contribution is 1.16. The molecule has 0 atom stereocenters. The van der Waals surface area contributed by atoms with Crippen molar-refractivity contribution in [2.75, 3.05) is 12.3 Å². The Kier molecular flexibility index (Phi) is 7.07. The fraction of sp³-hybridized carbons (Fsp3) is 0.385. The second-order valence-electron chi connectivity index (χ2n) is 3.83. The van der Waals surface area contributed by atoms with Crippen LogP contribution < -0.4 is 0 Å². The zero-order valence-electron chi connectivity index (χ0n) is 9.87. The van der Waals surface area contributed by atoms with Crippen molar-refractivity contribution in [3.8, 4) is 12.1 Å². The molecule has 1 aromatic rings. The summed E-state index contributed by atoms with van der Waals surface area (Å²) in [5.74, 6) is 0. The van der Waals surface area contributed by atoms with Crippen molar-refractivity contribution in [2.45, 2.75) is 19.0 Å². The lowest BCUT2D eigenvalue weighted by Gasteiger charge is -2.16. The van der Waals surface area contributed by atoms with Crippen LogP contribution in [-0.2, 0) is 6.16 Å². The fourth-order valence-corrected chi connectivity index (χ4v) is 4.28. The molecule has 2 nitrogen and oxygen atoms in total. The monoisotopic (exact) mass is 298 g/mol. The standard InChI is InChI=1S/C13H13Cl2N2P/c14-12-4-3-11(13(15)9-12)10-18(7-1-5-16)8-2-6-17/h3-4,9H,1-2,7-8,10H2. The molecular weight excluding hydrogens is 286 g/mol. The van der Waals surface area contributed by atoms with Gasteiger partial charge in [-0.25, -0.2) is 0 Å². The molecule has 5 heteroatoms. The van der Waals surface area contributed by atoms with Gasteiger partial charge in [-0.3, -0.25) is 0 Å². The number of hydrogen-bond donors (Lipinski definition) is 0. The predicted octanol–water partition coefficient (Wildman–Crippen LogP) is 4.80. The molecule has 18 heavy (non-hydrogen) atoms. The molecule has 1 aromatic carbocycles. The number of benzene rings is 1. The van der Waals surface area contributed by atoms with Gasteiger partial charge in [0, 0.05) is 22.9 Å². The number of nitriles is 2. The first kappa shape index (κ1) is 15.3. The number of rotatable bonds is 6. The molecule has 0 spiro atoms. The third-order valence-corrected chi connectivity index (χ3v) is 5.58. The van der Waals surface area contributed by atoms with Crippen molar-refractivity contribution < 1.29 is 0 Å². The zero-order chi connectivity index (χ0) is 13.4. The maximum atomic E-state index is 8.65. The molecule has 0 N–H and O–H groups in total. The summed E-state index contributed by atoms with van der Waals surface area (Å²) in [6.45, 7) is 0. The maximum absolute atomic E-state index is 8.65. The Labute approximate surface area is 119 Å². The van der Waals surface area contributed by atoms with Crippen molar-refractivity contribution in [1.29, 1.82) is 10.5 Å². The molecule has 0 amide bonds. The van der Waals surface area contributed by atoms with Crippen LogP contribution >= 0.6 is 31.1 Å². The van der Waals surface area contributed by atoms with E-state index < -0.39 is 0 Å². The van der Waals surface area contributed by atoms with Gasteiger partial charge >= 0.3 is 0 Å². The van der Waals surface area contributed by atoms with Gasteiger partial charge in [0.25, 0.3) is 0 Å². The normalized spacial score (nSPS) is 10.1. The third kappa shape index (κ3) is 5.24. The van der Waals surface area contributed by atoms with E-state index in [2.05, 4.69) is 12.1 Å². The van der Waals surface area contributed by atoms with Gasteiger partial charge in [-0.05, 0) is 36.2 Å². The summed E-state index contributed by atoms with van der Waals surface area (Å²) in [5, 5.41) is 18.6. The minimum absolute atomic E-state index is 0.347. The van der Waals surface area contributed by atoms with Gasteiger partial charge in [0.2, 0.25) is 0 Å². The van der Waals surface area contributed by atoms with Crippen molar-refractivity contribution in [2.24, 2.45) is 0 Å². The molecule has 0 heterocycles. The van der Waals surface area contributed by atoms with Crippen LogP contribution in [0.4, 0.5) is 0 Å². The van der Waals surface area contributed by atoms with Crippen molar-refractivity contribution in [3.05, 3.63) is 33.8 Å². The molecule has 0 fully saturated rings. The second kappa shape index (κ2) is 8.34. The Morgan fingerprint density at radius 3 is 2.17 bits per heavy atom. The van der Waals surface area contributed by atoms with Gasteiger partial charge in [0.05, 0.1) is 12.1 Å². The first-order valence-corrected chi connectivity index (χ1v) is 8.23. The van der Waals surface area contributed by atoms with Crippen LogP contribution in [0.3, 0.4) is 0 Å². The molecule has 0 aliphatic heterocycles.